The molecule has 7 atom stereocenters. The van der Waals surface area contributed by atoms with Crippen molar-refractivity contribution in [2.45, 2.75) is 90.6 Å². The lowest BCUT2D eigenvalue weighted by atomic mass is 9.44. The highest BCUT2D eigenvalue weighted by atomic mass is 16.3. The van der Waals surface area contributed by atoms with Crippen LogP contribution >= 0.6 is 0 Å². The molecule has 0 saturated heterocycles. The fraction of sp³-hybridized carbons (Fsp3) is 0.909. The third-order valence-electron chi connectivity index (χ3n) is 9.42. The molecule has 0 aromatic heterocycles. The fourth-order valence-corrected chi connectivity index (χ4v) is 7.81. The highest BCUT2D eigenvalue weighted by Crippen LogP contribution is 2.68. The molecule has 1 unspecified atom stereocenters. The van der Waals surface area contributed by atoms with Crippen LogP contribution in [0.5, 0.6) is 0 Å². The fourth-order valence-electron chi connectivity index (χ4n) is 7.81. The third-order valence-corrected chi connectivity index (χ3v) is 9.42. The molecular formula is C22H34O3. The Morgan fingerprint density at radius 2 is 1.80 bits per heavy atom. The molecule has 0 aromatic rings. The second kappa shape index (κ2) is 5.65. The van der Waals surface area contributed by atoms with Crippen molar-refractivity contribution >= 4 is 11.6 Å². The maximum absolute atomic E-state index is 12.6. The van der Waals surface area contributed by atoms with Crippen LogP contribution in [0.15, 0.2) is 0 Å². The summed E-state index contributed by atoms with van der Waals surface area (Å²) in [5.41, 5.74) is -1.04. The summed E-state index contributed by atoms with van der Waals surface area (Å²) in [5, 5.41) is 11.3. The molecule has 0 bridgehead atoms. The van der Waals surface area contributed by atoms with Crippen LogP contribution < -0.4 is 0 Å². The summed E-state index contributed by atoms with van der Waals surface area (Å²) in [6.07, 6.45) is 9.15. The van der Waals surface area contributed by atoms with E-state index in [0.29, 0.717) is 47.7 Å². The molecular weight excluding hydrogens is 312 g/mol. The van der Waals surface area contributed by atoms with Crippen LogP contribution in [0.1, 0.15) is 85.0 Å². The van der Waals surface area contributed by atoms with E-state index in [-0.39, 0.29) is 11.2 Å². The molecule has 4 aliphatic rings. The van der Waals surface area contributed by atoms with E-state index >= 15 is 0 Å². The van der Waals surface area contributed by atoms with Crippen molar-refractivity contribution in [2.75, 3.05) is 0 Å². The summed E-state index contributed by atoms with van der Waals surface area (Å²) in [5.74, 6) is 2.87. The minimum atomic E-state index is -1.10. The van der Waals surface area contributed by atoms with E-state index in [1.807, 2.05) is 6.92 Å². The van der Waals surface area contributed by atoms with Crippen molar-refractivity contribution in [1.82, 2.24) is 0 Å². The Morgan fingerprint density at radius 3 is 2.52 bits per heavy atom. The SMILES string of the molecule is CCC(=O)[C@@]1(O)CC[C@H]2[C@@H]3CCC4CC(=O)CC[C@]4(C)[C@H]3CC[C@@]21C. The number of hydrogen-bond acceptors (Lipinski definition) is 3. The molecule has 3 nitrogen and oxygen atoms in total. The highest BCUT2D eigenvalue weighted by molar-refractivity contribution is 5.88. The average Bonchev–Trinajstić information content (AvgIpc) is 2.87. The first-order valence-electron chi connectivity index (χ1n) is 10.5. The van der Waals surface area contributed by atoms with Crippen LogP contribution in [0.3, 0.4) is 0 Å². The van der Waals surface area contributed by atoms with Gasteiger partial charge in [0.25, 0.3) is 0 Å². The summed E-state index contributed by atoms with van der Waals surface area (Å²) in [4.78, 5) is 24.6. The molecule has 0 aliphatic heterocycles. The zero-order valence-electron chi connectivity index (χ0n) is 16.1. The van der Waals surface area contributed by atoms with Crippen LogP contribution in [0.4, 0.5) is 0 Å². The topological polar surface area (TPSA) is 54.4 Å². The molecule has 4 rings (SSSR count). The number of ketones is 2. The lowest BCUT2D eigenvalue weighted by Crippen LogP contribution is -2.58. The van der Waals surface area contributed by atoms with E-state index in [1.54, 1.807) is 0 Å². The van der Waals surface area contributed by atoms with E-state index in [0.717, 1.165) is 44.9 Å². The van der Waals surface area contributed by atoms with Crippen molar-refractivity contribution in [3.05, 3.63) is 0 Å². The molecule has 0 spiro atoms. The predicted octanol–water partition coefficient (Wildman–Crippen LogP) is 4.31. The Bertz CT molecular complexity index is 598. The first-order chi connectivity index (χ1) is 11.8. The molecule has 0 heterocycles. The van der Waals surface area contributed by atoms with Crippen molar-refractivity contribution in [3.8, 4) is 0 Å². The average molecular weight is 347 g/mol. The molecule has 3 heteroatoms. The molecule has 4 saturated carbocycles. The number of fused-ring (bicyclic) bond motifs is 5. The number of rotatable bonds is 2. The quantitative estimate of drug-likeness (QED) is 0.810. The van der Waals surface area contributed by atoms with Gasteiger partial charge in [0.15, 0.2) is 5.78 Å². The van der Waals surface area contributed by atoms with Gasteiger partial charge in [-0.1, -0.05) is 20.8 Å². The van der Waals surface area contributed by atoms with E-state index < -0.39 is 5.60 Å². The summed E-state index contributed by atoms with van der Waals surface area (Å²) in [7, 11) is 0. The number of carbonyl (C=O) groups excluding carboxylic acids is 2. The highest BCUT2D eigenvalue weighted by Gasteiger charge is 2.66. The molecule has 4 fully saturated rings. The zero-order chi connectivity index (χ0) is 18.0. The lowest BCUT2D eigenvalue weighted by molar-refractivity contribution is -0.170. The summed E-state index contributed by atoms with van der Waals surface area (Å²) in [6.45, 7) is 6.53. The molecule has 0 radical (unpaired) electrons. The number of aliphatic hydroxyl groups is 1. The van der Waals surface area contributed by atoms with Gasteiger partial charge in [-0.3, -0.25) is 9.59 Å². The molecule has 4 aliphatic carbocycles. The van der Waals surface area contributed by atoms with E-state index in [9.17, 15) is 14.7 Å². The number of carbonyl (C=O) groups is 2. The predicted molar refractivity (Wildman–Crippen MR) is 97.0 cm³/mol. The molecule has 25 heavy (non-hydrogen) atoms. The van der Waals surface area contributed by atoms with Gasteiger partial charge in [-0.05, 0) is 74.0 Å². The lowest BCUT2D eigenvalue weighted by Gasteiger charge is -2.60. The van der Waals surface area contributed by atoms with Crippen molar-refractivity contribution in [2.24, 2.45) is 34.5 Å². The van der Waals surface area contributed by atoms with Crippen molar-refractivity contribution in [3.63, 3.8) is 0 Å². The van der Waals surface area contributed by atoms with Crippen LogP contribution in [0.25, 0.3) is 0 Å². The molecule has 0 aromatic carbocycles. The first-order valence-corrected chi connectivity index (χ1v) is 10.5. The summed E-state index contributed by atoms with van der Waals surface area (Å²) >= 11 is 0. The van der Waals surface area contributed by atoms with Gasteiger partial charge in [0.1, 0.15) is 11.4 Å². The van der Waals surface area contributed by atoms with Crippen molar-refractivity contribution < 1.29 is 14.7 Å². The van der Waals surface area contributed by atoms with Crippen LogP contribution in [0.2, 0.25) is 0 Å². The van der Waals surface area contributed by atoms with E-state index in [4.69, 9.17) is 0 Å². The van der Waals surface area contributed by atoms with Gasteiger partial charge in [-0.15, -0.1) is 0 Å². The second-order valence-corrected chi connectivity index (χ2v) is 10.0. The second-order valence-electron chi connectivity index (χ2n) is 10.0. The van der Waals surface area contributed by atoms with Gasteiger partial charge in [-0.2, -0.15) is 0 Å². The van der Waals surface area contributed by atoms with Gasteiger partial charge in [0.2, 0.25) is 0 Å². The monoisotopic (exact) mass is 346 g/mol. The Kier molecular flexibility index (Phi) is 4.00. The van der Waals surface area contributed by atoms with Gasteiger partial charge in [-0.25, -0.2) is 0 Å². The van der Waals surface area contributed by atoms with Gasteiger partial charge < -0.3 is 5.11 Å². The standard InChI is InChI=1S/C22H34O3/c1-4-19(24)22(25)12-9-18-16-6-5-14-13-15(23)7-10-20(14,2)17(16)8-11-21(18,22)3/h14,16-18,25H,4-13H2,1-3H3/t14?,16-,17+,18+,20+,21+,22+/m1/s1. The minimum Gasteiger partial charge on any atom is -0.381 e. The minimum absolute atomic E-state index is 0.0547. The largest absolute Gasteiger partial charge is 0.381 e. The summed E-state index contributed by atoms with van der Waals surface area (Å²) in [6, 6.07) is 0. The molecule has 1 N–H and O–H groups in total. The van der Waals surface area contributed by atoms with Crippen LogP contribution in [0, 0.1) is 34.5 Å². The third kappa shape index (κ3) is 2.20. The maximum atomic E-state index is 12.6. The van der Waals surface area contributed by atoms with Crippen LogP contribution in [-0.4, -0.2) is 22.3 Å². The smallest absolute Gasteiger partial charge is 0.164 e. The molecule has 140 valence electrons. The Hall–Kier alpha value is -0.700. The molecule has 0 amide bonds. The van der Waals surface area contributed by atoms with E-state index in [1.165, 1.54) is 6.42 Å². The maximum Gasteiger partial charge on any atom is 0.164 e. The normalized spacial score (nSPS) is 52.2. The Morgan fingerprint density at radius 1 is 1.08 bits per heavy atom. The van der Waals surface area contributed by atoms with Gasteiger partial charge in [0, 0.05) is 24.7 Å². The van der Waals surface area contributed by atoms with Crippen molar-refractivity contribution in [1.29, 1.82) is 0 Å². The van der Waals surface area contributed by atoms with E-state index in [2.05, 4.69) is 13.8 Å². The zero-order valence-corrected chi connectivity index (χ0v) is 16.1. The number of hydrogen-bond donors (Lipinski definition) is 1. The number of Topliss-reactive ketones (excluding diaryl/α,β-unsaturated/α-hetero) is 2. The first kappa shape index (κ1) is 17.7. The Labute approximate surface area is 151 Å². The van der Waals surface area contributed by atoms with Crippen LogP contribution in [-0.2, 0) is 9.59 Å². The summed E-state index contributed by atoms with van der Waals surface area (Å²) < 4.78 is 0. The van der Waals surface area contributed by atoms with Gasteiger partial charge >= 0.3 is 0 Å². The van der Waals surface area contributed by atoms with Gasteiger partial charge in [0.05, 0.1) is 0 Å². The Balaban J connectivity index is 1.64.